The number of hydrogen-bond acceptors (Lipinski definition) is 6. The zero-order valence-corrected chi connectivity index (χ0v) is 15.7. The molecule has 0 atom stereocenters. The van der Waals surface area contributed by atoms with Crippen LogP contribution in [0.4, 0.5) is 4.39 Å². The summed E-state index contributed by atoms with van der Waals surface area (Å²) in [5, 5.41) is 0.588. The van der Waals surface area contributed by atoms with E-state index in [4.69, 9.17) is 9.47 Å². The average Bonchev–Trinajstić information content (AvgIpc) is 3.06. The molecule has 0 bridgehead atoms. The van der Waals surface area contributed by atoms with Crippen LogP contribution in [0.5, 0.6) is 0 Å². The second-order valence-electron chi connectivity index (χ2n) is 5.66. The van der Waals surface area contributed by atoms with Crippen molar-refractivity contribution >= 4 is 33.5 Å². The van der Waals surface area contributed by atoms with Gasteiger partial charge in [0.05, 0.1) is 23.4 Å². The standard InChI is InChI=1S/C20H18FNO4S/c1-3-25-19(23)17(20(24)26-4-2)14-11-12(21)9-10-13(14)18-22-15-7-5-6-8-16(15)27-18/h5-11,17H,3-4H2,1-2H3. The zero-order chi connectivity index (χ0) is 19.4. The van der Waals surface area contributed by atoms with Gasteiger partial charge in [0.15, 0.2) is 5.92 Å². The number of hydrogen-bond donors (Lipinski definition) is 0. The number of para-hydroxylation sites is 1. The Morgan fingerprint density at radius 2 is 1.74 bits per heavy atom. The predicted octanol–water partition coefficient (Wildman–Crippen LogP) is 4.31. The third-order valence-electron chi connectivity index (χ3n) is 3.89. The van der Waals surface area contributed by atoms with Gasteiger partial charge in [-0.25, -0.2) is 9.37 Å². The summed E-state index contributed by atoms with van der Waals surface area (Å²) in [7, 11) is 0. The Morgan fingerprint density at radius 3 is 2.37 bits per heavy atom. The number of esters is 2. The van der Waals surface area contributed by atoms with Crippen molar-refractivity contribution in [2.75, 3.05) is 13.2 Å². The number of ether oxygens (including phenoxy) is 2. The highest BCUT2D eigenvalue weighted by atomic mass is 32.1. The van der Waals surface area contributed by atoms with Crippen molar-refractivity contribution in [2.24, 2.45) is 0 Å². The number of aromatic nitrogens is 1. The molecule has 3 aromatic rings. The molecule has 0 saturated heterocycles. The molecule has 0 N–H and O–H groups in total. The number of carbonyl (C=O) groups is 2. The molecule has 2 aromatic carbocycles. The monoisotopic (exact) mass is 387 g/mol. The molecular formula is C20H18FNO4S. The highest BCUT2D eigenvalue weighted by Crippen LogP contribution is 2.36. The van der Waals surface area contributed by atoms with Crippen LogP contribution in [-0.2, 0) is 19.1 Å². The molecule has 0 unspecified atom stereocenters. The number of benzene rings is 2. The first-order valence-electron chi connectivity index (χ1n) is 8.53. The van der Waals surface area contributed by atoms with E-state index >= 15 is 0 Å². The van der Waals surface area contributed by atoms with E-state index in [0.717, 1.165) is 10.2 Å². The lowest BCUT2D eigenvalue weighted by Crippen LogP contribution is -2.26. The molecule has 0 fully saturated rings. The van der Waals surface area contributed by atoms with Gasteiger partial charge in [0.2, 0.25) is 0 Å². The van der Waals surface area contributed by atoms with E-state index < -0.39 is 23.7 Å². The van der Waals surface area contributed by atoms with Crippen LogP contribution in [-0.4, -0.2) is 30.1 Å². The number of thiazole rings is 1. The summed E-state index contributed by atoms with van der Waals surface area (Å²) in [6, 6.07) is 11.5. The van der Waals surface area contributed by atoms with Crippen LogP contribution in [0.1, 0.15) is 25.3 Å². The van der Waals surface area contributed by atoms with E-state index in [1.807, 2.05) is 24.3 Å². The minimum absolute atomic E-state index is 0.0977. The second-order valence-corrected chi connectivity index (χ2v) is 6.69. The van der Waals surface area contributed by atoms with Crippen molar-refractivity contribution in [2.45, 2.75) is 19.8 Å². The summed E-state index contributed by atoms with van der Waals surface area (Å²) in [5.41, 5.74) is 1.48. The fourth-order valence-electron chi connectivity index (χ4n) is 2.76. The van der Waals surface area contributed by atoms with Crippen LogP contribution in [0.25, 0.3) is 20.8 Å². The summed E-state index contributed by atoms with van der Waals surface area (Å²) < 4.78 is 25.0. The smallest absolute Gasteiger partial charge is 0.324 e. The maximum absolute atomic E-state index is 14.0. The number of fused-ring (bicyclic) bond motifs is 1. The van der Waals surface area contributed by atoms with E-state index in [-0.39, 0.29) is 18.8 Å². The molecule has 7 heteroatoms. The molecule has 0 radical (unpaired) electrons. The molecule has 0 aliphatic heterocycles. The van der Waals surface area contributed by atoms with Gasteiger partial charge < -0.3 is 9.47 Å². The van der Waals surface area contributed by atoms with Crippen LogP contribution in [0.15, 0.2) is 42.5 Å². The van der Waals surface area contributed by atoms with Gasteiger partial charge in [-0.05, 0) is 49.7 Å². The van der Waals surface area contributed by atoms with Crippen LogP contribution in [0.2, 0.25) is 0 Å². The Bertz CT molecular complexity index is 934. The summed E-state index contributed by atoms with van der Waals surface area (Å²) in [6.45, 7) is 3.47. The van der Waals surface area contributed by atoms with E-state index in [2.05, 4.69) is 4.98 Å². The summed E-state index contributed by atoms with van der Waals surface area (Å²) in [6.07, 6.45) is 0. The molecule has 1 heterocycles. The van der Waals surface area contributed by atoms with Crippen molar-refractivity contribution in [3.05, 3.63) is 53.8 Å². The van der Waals surface area contributed by atoms with Gasteiger partial charge in [-0.3, -0.25) is 9.59 Å². The van der Waals surface area contributed by atoms with Crippen LogP contribution >= 0.6 is 11.3 Å². The van der Waals surface area contributed by atoms with Crippen molar-refractivity contribution < 1.29 is 23.5 Å². The molecular weight excluding hydrogens is 369 g/mol. The van der Waals surface area contributed by atoms with Crippen LogP contribution in [0.3, 0.4) is 0 Å². The first kappa shape index (κ1) is 19.0. The van der Waals surface area contributed by atoms with Crippen molar-refractivity contribution in [3.63, 3.8) is 0 Å². The predicted molar refractivity (Wildman–Crippen MR) is 101 cm³/mol. The number of halogens is 1. The number of rotatable bonds is 6. The molecule has 0 saturated carbocycles. The van der Waals surface area contributed by atoms with Gasteiger partial charge in [0.25, 0.3) is 0 Å². The normalized spacial score (nSPS) is 11.0. The lowest BCUT2D eigenvalue weighted by atomic mass is 9.94. The molecule has 0 amide bonds. The topological polar surface area (TPSA) is 65.5 Å². The third kappa shape index (κ3) is 3.98. The minimum atomic E-state index is -1.37. The lowest BCUT2D eigenvalue weighted by molar-refractivity contribution is -0.156. The quantitative estimate of drug-likeness (QED) is 0.466. The number of nitrogens with zero attached hydrogens (tertiary/aromatic N) is 1. The molecule has 0 spiro atoms. The van der Waals surface area contributed by atoms with Crippen LogP contribution < -0.4 is 0 Å². The highest BCUT2D eigenvalue weighted by molar-refractivity contribution is 7.21. The van der Waals surface area contributed by atoms with E-state index in [1.54, 1.807) is 13.8 Å². The van der Waals surface area contributed by atoms with Crippen molar-refractivity contribution in [1.82, 2.24) is 4.98 Å². The van der Waals surface area contributed by atoms with Gasteiger partial charge in [-0.15, -0.1) is 11.3 Å². The van der Waals surface area contributed by atoms with Gasteiger partial charge in [-0.2, -0.15) is 0 Å². The number of carbonyl (C=O) groups excluding carboxylic acids is 2. The van der Waals surface area contributed by atoms with Gasteiger partial charge in [0, 0.05) is 5.56 Å². The first-order valence-corrected chi connectivity index (χ1v) is 9.35. The van der Waals surface area contributed by atoms with Gasteiger partial charge in [0.1, 0.15) is 10.8 Å². The molecule has 27 heavy (non-hydrogen) atoms. The molecule has 0 aliphatic rings. The Kier molecular flexibility index (Phi) is 5.81. The fraction of sp³-hybridized carbons (Fsp3) is 0.250. The van der Waals surface area contributed by atoms with Gasteiger partial charge in [-0.1, -0.05) is 12.1 Å². The van der Waals surface area contributed by atoms with E-state index in [1.165, 1.54) is 29.5 Å². The lowest BCUT2D eigenvalue weighted by Gasteiger charge is -2.17. The Hall–Kier alpha value is -2.80. The second kappa shape index (κ2) is 8.26. The maximum atomic E-state index is 14.0. The van der Waals surface area contributed by atoms with E-state index in [9.17, 15) is 14.0 Å². The Morgan fingerprint density at radius 1 is 1.07 bits per heavy atom. The third-order valence-corrected chi connectivity index (χ3v) is 4.96. The highest BCUT2D eigenvalue weighted by Gasteiger charge is 2.34. The Labute approximate surface area is 159 Å². The maximum Gasteiger partial charge on any atom is 0.324 e. The molecule has 3 rings (SSSR count). The van der Waals surface area contributed by atoms with Gasteiger partial charge >= 0.3 is 11.9 Å². The van der Waals surface area contributed by atoms with Crippen molar-refractivity contribution in [3.8, 4) is 10.6 Å². The van der Waals surface area contributed by atoms with Crippen LogP contribution in [0, 0.1) is 5.82 Å². The Balaban J connectivity index is 2.15. The summed E-state index contributed by atoms with van der Waals surface area (Å²) in [4.78, 5) is 29.5. The first-order chi connectivity index (χ1) is 13.0. The van der Waals surface area contributed by atoms with Crippen molar-refractivity contribution in [1.29, 1.82) is 0 Å². The zero-order valence-electron chi connectivity index (χ0n) is 14.9. The molecule has 0 aliphatic carbocycles. The molecule has 140 valence electrons. The molecule has 1 aromatic heterocycles. The average molecular weight is 387 g/mol. The summed E-state index contributed by atoms with van der Waals surface area (Å²) in [5.74, 6) is -3.48. The largest absolute Gasteiger partial charge is 0.465 e. The molecule has 5 nitrogen and oxygen atoms in total. The van der Waals surface area contributed by atoms with E-state index in [0.29, 0.717) is 10.6 Å². The minimum Gasteiger partial charge on any atom is -0.465 e. The SMILES string of the molecule is CCOC(=O)C(C(=O)OCC)c1cc(F)ccc1-c1nc2ccccc2s1. The summed E-state index contributed by atoms with van der Waals surface area (Å²) >= 11 is 1.40. The fourth-order valence-corrected chi connectivity index (χ4v) is 3.77.